The number of rotatable bonds is 0. The highest BCUT2D eigenvalue weighted by atomic mass is 127. The third-order valence-corrected chi connectivity index (χ3v) is 2.79. The number of imidazole rings is 1. The van der Waals surface area contributed by atoms with E-state index in [0.29, 0.717) is 0 Å². The zero-order valence-corrected chi connectivity index (χ0v) is 10.1. The van der Waals surface area contributed by atoms with Gasteiger partial charge < -0.3 is 4.40 Å². The molecule has 0 aliphatic carbocycles. The Labute approximate surface area is 92.3 Å². The van der Waals surface area contributed by atoms with Crippen molar-refractivity contribution in [3.8, 4) is 0 Å². The van der Waals surface area contributed by atoms with E-state index in [2.05, 4.69) is 62.7 Å². The third-order valence-electron chi connectivity index (χ3n) is 1.61. The maximum Gasteiger partial charge on any atom is 0.151 e. The number of hydrogen-bond acceptors (Lipinski definition) is 1. The second-order valence-electron chi connectivity index (χ2n) is 2.66. The molecule has 0 aliphatic heterocycles. The molecule has 0 radical (unpaired) electrons. The number of nitrogens with zero attached hydrogens (tertiary/aromatic N) is 2. The van der Waals surface area contributed by atoms with Gasteiger partial charge in [-0.3, -0.25) is 0 Å². The normalized spacial score (nSPS) is 10.9. The van der Waals surface area contributed by atoms with E-state index in [1.54, 1.807) is 0 Å². The van der Waals surface area contributed by atoms with Crippen LogP contribution in [0.1, 0.15) is 5.56 Å². The van der Waals surface area contributed by atoms with Gasteiger partial charge in [-0.25, -0.2) is 4.98 Å². The minimum Gasteiger partial charge on any atom is -0.305 e. The highest BCUT2D eigenvalue weighted by molar-refractivity contribution is 14.1. The predicted octanol–water partition coefficient (Wildman–Crippen LogP) is 3.01. The first-order valence-electron chi connectivity index (χ1n) is 3.47. The second kappa shape index (κ2) is 2.99. The molecule has 0 spiro atoms. The van der Waals surface area contributed by atoms with E-state index in [1.807, 2.05) is 10.6 Å². The average Bonchev–Trinajstić information content (AvgIpc) is 2.29. The van der Waals surface area contributed by atoms with Crippen molar-refractivity contribution in [3.63, 3.8) is 0 Å². The molecule has 2 nitrogen and oxygen atoms in total. The molecule has 0 amide bonds. The van der Waals surface area contributed by atoms with Crippen LogP contribution in [0.3, 0.4) is 0 Å². The first-order chi connectivity index (χ1) is 5.66. The van der Waals surface area contributed by atoms with Gasteiger partial charge in [0.05, 0.1) is 3.57 Å². The summed E-state index contributed by atoms with van der Waals surface area (Å²) in [5.74, 6) is 0. The van der Waals surface area contributed by atoms with Crippen molar-refractivity contribution < 1.29 is 0 Å². The van der Waals surface area contributed by atoms with Crippen LogP contribution >= 0.6 is 38.5 Å². The highest BCUT2D eigenvalue weighted by Gasteiger charge is 2.02. The minimum absolute atomic E-state index is 0.881. The second-order valence-corrected chi connectivity index (χ2v) is 4.63. The zero-order valence-electron chi connectivity index (χ0n) is 6.38. The van der Waals surface area contributed by atoms with Gasteiger partial charge in [-0.15, -0.1) is 0 Å². The number of pyridine rings is 1. The molecule has 0 aromatic carbocycles. The standard InChI is InChI=1S/C8H6BrIN2/c1-5-2-6(10)8-11-7(9)4-12(8)3-5/h2-4H,1H3. The first kappa shape index (κ1) is 8.50. The molecule has 2 aromatic heterocycles. The Bertz CT molecular complexity index is 436. The quantitative estimate of drug-likeness (QED) is 0.676. The summed E-state index contributed by atoms with van der Waals surface area (Å²) >= 11 is 5.64. The van der Waals surface area contributed by atoms with Crippen LogP contribution in [-0.2, 0) is 0 Å². The number of halogens is 2. The topological polar surface area (TPSA) is 17.3 Å². The van der Waals surface area contributed by atoms with Gasteiger partial charge >= 0.3 is 0 Å². The largest absolute Gasteiger partial charge is 0.305 e. The van der Waals surface area contributed by atoms with E-state index >= 15 is 0 Å². The number of hydrogen-bond donors (Lipinski definition) is 0. The molecule has 12 heavy (non-hydrogen) atoms. The molecule has 0 atom stereocenters. The van der Waals surface area contributed by atoms with Gasteiger partial charge in [-0.05, 0) is 57.1 Å². The molecule has 0 fully saturated rings. The molecule has 2 aromatic rings. The van der Waals surface area contributed by atoms with Gasteiger partial charge in [-0.2, -0.15) is 0 Å². The molecule has 2 heterocycles. The molecular formula is C8H6BrIN2. The van der Waals surface area contributed by atoms with Crippen LogP contribution in [0.15, 0.2) is 23.1 Å². The van der Waals surface area contributed by atoms with Gasteiger partial charge in [0.1, 0.15) is 4.60 Å². The van der Waals surface area contributed by atoms with Crippen LogP contribution in [0, 0.1) is 10.5 Å². The lowest BCUT2D eigenvalue weighted by atomic mass is 10.3. The smallest absolute Gasteiger partial charge is 0.151 e. The Kier molecular flexibility index (Phi) is 2.12. The fraction of sp³-hybridized carbons (Fsp3) is 0.125. The van der Waals surface area contributed by atoms with Crippen LogP contribution < -0.4 is 0 Å². The Morgan fingerprint density at radius 1 is 1.50 bits per heavy atom. The van der Waals surface area contributed by atoms with Crippen molar-refractivity contribution in [3.05, 3.63) is 32.2 Å². The van der Waals surface area contributed by atoms with E-state index in [9.17, 15) is 0 Å². The highest BCUT2D eigenvalue weighted by Crippen LogP contribution is 2.17. The van der Waals surface area contributed by atoms with Crippen molar-refractivity contribution in [2.45, 2.75) is 6.92 Å². The molecule has 62 valence electrons. The van der Waals surface area contributed by atoms with E-state index in [-0.39, 0.29) is 0 Å². The Hall–Kier alpha value is -0.100. The molecule has 4 heteroatoms. The van der Waals surface area contributed by atoms with Crippen LogP contribution in [-0.4, -0.2) is 9.38 Å². The summed E-state index contributed by atoms with van der Waals surface area (Å²) in [6.45, 7) is 2.08. The van der Waals surface area contributed by atoms with E-state index in [4.69, 9.17) is 0 Å². The molecule has 0 N–H and O–H groups in total. The van der Waals surface area contributed by atoms with Gasteiger partial charge in [0, 0.05) is 12.4 Å². The van der Waals surface area contributed by atoms with Gasteiger partial charge in [0.25, 0.3) is 0 Å². The van der Waals surface area contributed by atoms with Crippen LogP contribution in [0.2, 0.25) is 0 Å². The summed E-state index contributed by atoms with van der Waals surface area (Å²) < 4.78 is 4.09. The molecule has 0 bridgehead atoms. The van der Waals surface area contributed by atoms with Crippen LogP contribution in [0.5, 0.6) is 0 Å². The Balaban J connectivity index is 2.88. The number of aromatic nitrogens is 2. The maximum atomic E-state index is 4.33. The molecule has 0 unspecified atom stereocenters. The van der Waals surface area contributed by atoms with Gasteiger partial charge in [0.2, 0.25) is 0 Å². The monoisotopic (exact) mass is 336 g/mol. The molecule has 2 rings (SSSR count). The summed E-state index contributed by atoms with van der Waals surface area (Å²) in [6, 6.07) is 2.12. The van der Waals surface area contributed by atoms with Crippen molar-refractivity contribution in [2.24, 2.45) is 0 Å². The summed E-state index contributed by atoms with van der Waals surface area (Å²) in [5.41, 5.74) is 2.25. The lowest BCUT2D eigenvalue weighted by Crippen LogP contribution is -1.87. The molecule has 0 saturated heterocycles. The third kappa shape index (κ3) is 1.37. The average molecular weight is 337 g/mol. The minimum atomic E-state index is 0.881. The number of aryl methyl sites for hydroxylation is 1. The van der Waals surface area contributed by atoms with Crippen molar-refractivity contribution >= 4 is 44.2 Å². The van der Waals surface area contributed by atoms with Gasteiger partial charge in [0.15, 0.2) is 5.65 Å². The lowest BCUT2D eigenvalue weighted by Gasteiger charge is -1.97. The fourth-order valence-electron chi connectivity index (χ4n) is 1.16. The first-order valence-corrected chi connectivity index (χ1v) is 5.34. The lowest BCUT2D eigenvalue weighted by molar-refractivity contribution is 1.15. The molecular weight excluding hydrogens is 331 g/mol. The summed E-state index contributed by atoms with van der Waals surface area (Å²) in [4.78, 5) is 4.33. The van der Waals surface area contributed by atoms with Crippen LogP contribution in [0.25, 0.3) is 5.65 Å². The molecule has 0 aliphatic rings. The fourth-order valence-corrected chi connectivity index (χ4v) is 2.44. The number of fused-ring (bicyclic) bond motifs is 1. The van der Waals surface area contributed by atoms with Gasteiger partial charge in [-0.1, -0.05) is 0 Å². The molecule has 0 saturated carbocycles. The zero-order chi connectivity index (χ0) is 8.72. The van der Waals surface area contributed by atoms with Crippen molar-refractivity contribution in [1.29, 1.82) is 0 Å². The van der Waals surface area contributed by atoms with Crippen molar-refractivity contribution in [2.75, 3.05) is 0 Å². The van der Waals surface area contributed by atoms with Crippen molar-refractivity contribution in [1.82, 2.24) is 9.38 Å². The predicted molar refractivity (Wildman–Crippen MR) is 60.3 cm³/mol. The SMILES string of the molecule is Cc1cc(I)c2nc(Br)cn2c1. The maximum absolute atomic E-state index is 4.33. The van der Waals surface area contributed by atoms with E-state index in [1.165, 1.54) is 9.13 Å². The summed E-state index contributed by atoms with van der Waals surface area (Å²) in [7, 11) is 0. The van der Waals surface area contributed by atoms with E-state index in [0.717, 1.165) is 10.3 Å². The van der Waals surface area contributed by atoms with E-state index < -0.39 is 0 Å². The van der Waals surface area contributed by atoms with Crippen LogP contribution in [0.4, 0.5) is 0 Å². The summed E-state index contributed by atoms with van der Waals surface area (Å²) in [6.07, 6.45) is 4.03. The summed E-state index contributed by atoms with van der Waals surface area (Å²) in [5, 5.41) is 0. The Morgan fingerprint density at radius 3 is 3.00 bits per heavy atom. The Morgan fingerprint density at radius 2 is 2.25 bits per heavy atom.